The molecule has 1 N–H and O–H groups in total. The number of amides is 1. The van der Waals surface area contributed by atoms with Gasteiger partial charge >= 0.3 is 6.03 Å². The number of rotatable bonds is 2. The third-order valence-electron chi connectivity index (χ3n) is 4.05. The van der Waals surface area contributed by atoms with Crippen LogP contribution in [0.15, 0.2) is 73.1 Å². The minimum Gasteiger partial charge on any atom is -0.284 e. The molecule has 24 heavy (non-hydrogen) atoms. The van der Waals surface area contributed by atoms with Crippen LogP contribution in [0.3, 0.4) is 0 Å². The lowest BCUT2D eigenvalue weighted by atomic mass is 10.2. The van der Waals surface area contributed by atoms with Gasteiger partial charge in [-0.3, -0.25) is 14.8 Å². The molecule has 4 rings (SSSR count). The van der Waals surface area contributed by atoms with Crippen molar-refractivity contribution in [3.63, 3.8) is 0 Å². The molecule has 0 fully saturated rings. The number of para-hydroxylation sites is 2. The van der Waals surface area contributed by atoms with E-state index < -0.39 is 6.03 Å². The molecule has 2 aromatic carbocycles. The molecule has 0 atom stereocenters. The fourth-order valence-corrected chi connectivity index (χ4v) is 2.98. The van der Waals surface area contributed by atoms with Gasteiger partial charge in [0.1, 0.15) is 0 Å². The van der Waals surface area contributed by atoms with E-state index in [-0.39, 0.29) is 6.54 Å². The summed E-state index contributed by atoms with van der Waals surface area (Å²) in [6.07, 6.45) is 3.28. The lowest BCUT2D eigenvalue weighted by molar-refractivity contribution is -0.0496. The van der Waals surface area contributed by atoms with E-state index in [1.54, 1.807) is 23.0 Å². The Morgan fingerprint density at radius 1 is 0.958 bits per heavy atom. The molecule has 0 unspecified atom stereocenters. The summed E-state index contributed by atoms with van der Waals surface area (Å²) in [4.78, 5) is 16.9. The van der Waals surface area contributed by atoms with Gasteiger partial charge in [0.15, 0.2) is 0 Å². The van der Waals surface area contributed by atoms with Crippen LogP contribution in [-0.2, 0) is 6.54 Å². The van der Waals surface area contributed by atoms with E-state index in [4.69, 9.17) is 0 Å². The van der Waals surface area contributed by atoms with E-state index in [2.05, 4.69) is 4.98 Å². The van der Waals surface area contributed by atoms with Gasteiger partial charge in [0.2, 0.25) is 0 Å². The van der Waals surface area contributed by atoms with Crippen LogP contribution in [0.5, 0.6) is 0 Å². The number of carbonyl (C=O) groups is 1. The van der Waals surface area contributed by atoms with Crippen molar-refractivity contribution in [3.05, 3.63) is 78.6 Å². The van der Waals surface area contributed by atoms with Gasteiger partial charge in [-0.2, -0.15) is 0 Å². The second-order valence-corrected chi connectivity index (χ2v) is 5.57. The highest BCUT2D eigenvalue weighted by molar-refractivity contribution is 6.12. The molecular weight excluding hydrogens is 302 g/mol. The average Bonchev–Trinajstić information content (AvgIpc) is 2.96. The minimum absolute atomic E-state index is 0.0769. The Balaban J connectivity index is 1.81. The van der Waals surface area contributed by atoms with Crippen molar-refractivity contribution in [2.45, 2.75) is 6.54 Å². The summed E-state index contributed by atoms with van der Waals surface area (Å²) in [7, 11) is 0. The number of nitrogens with zero attached hydrogens (tertiary/aromatic N) is 3. The number of aromatic nitrogens is 2. The smallest absolute Gasteiger partial charge is 0.284 e. The number of fused-ring (bicyclic) bond motifs is 3. The second-order valence-electron chi connectivity index (χ2n) is 5.57. The van der Waals surface area contributed by atoms with E-state index in [9.17, 15) is 10.0 Å². The number of pyridine rings is 1. The van der Waals surface area contributed by atoms with E-state index in [0.717, 1.165) is 32.4 Å². The highest BCUT2D eigenvalue weighted by atomic mass is 16.5. The lowest BCUT2D eigenvalue weighted by Crippen LogP contribution is -2.31. The molecule has 0 saturated heterocycles. The standard InChI is InChI=1S/C19H15N3O2/c23-19(21(24)13-14-6-5-11-20-12-14)22-17-9-3-1-7-15(17)16-8-2-4-10-18(16)22/h1-12,24H,13H2. The fourth-order valence-electron chi connectivity index (χ4n) is 2.98. The Morgan fingerprint density at radius 3 is 2.17 bits per heavy atom. The molecule has 2 aromatic heterocycles. The topological polar surface area (TPSA) is 58.4 Å². The van der Waals surface area contributed by atoms with Crippen molar-refractivity contribution < 1.29 is 10.0 Å². The molecule has 5 heteroatoms. The van der Waals surface area contributed by atoms with Gasteiger partial charge in [-0.25, -0.2) is 9.86 Å². The summed E-state index contributed by atoms with van der Waals surface area (Å²) in [5.74, 6) is 0. The largest absolute Gasteiger partial charge is 0.353 e. The zero-order valence-electron chi connectivity index (χ0n) is 12.8. The van der Waals surface area contributed by atoms with Crippen molar-refractivity contribution in [1.29, 1.82) is 0 Å². The summed E-state index contributed by atoms with van der Waals surface area (Å²) < 4.78 is 1.54. The molecule has 0 aliphatic heterocycles. The molecule has 0 radical (unpaired) electrons. The Kier molecular flexibility index (Phi) is 3.48. The van der Waals surface area contributed by atoms with Crippen molar-refractivity contribution in [2.75, 3.05) is 0 Å². The third-order valence-corrected chi connectivity index (χ3v) is 4.05. The molecular formula is C19H15N3O2. The first-order valence-corrected chi connectivity index (χ1v) is 7.63. The molecule has 4 aromatic rings. The summed E-state index contributed by atoms with van der Waals surface area (Å²) in [6.45, 7) is 0.0769. The highest BCUT2D eigenvalue weighted by Crippen LogP contribution is 2.29. The van der Waals surface area contributed by atoms with E-state index in [1.165, 1.54) is 0 Å². The molecule has 5 nitrogen and oxygen atoms in total. The second kappa shape index (κ2) is 5.79. The number of carbonyl (C=O) groups excluding carboxylic acids is 1. The number of hydrogen-bond donors (Lipinski definition) is 1. The predicted octanol–water partition coefficient (Wildman–Crippen LogP) is 4.05. The molecule has 0 aliphatic carbocycles. The zero-order chi connectivity index (χ0) is 16.5. The maximum absolute atomic E-state index is 12.9. The highest BCUT2D eigenvalue weighted by Gasteiger charge is 2.20. The number of hydrogen-bond acceptors (Lipinski definition) is 3. The van der Waals surface area contributed by atoms with Gasteiger partial charge in [0.25, 0.3) is 0 Å². The maximum Gasteiger partial charge on any atom is 0.353 e. The van der Waals surface area contributed by atoms with Crippen molar-refractivity contribution in [1.82, 2.24) is 14.6 Å². The van der Waals surface area contributed by atoms with Crippen LogP contribution < -0.4 is 0 Å². The Morgan fingerprint density at radius 2 is 1.58 bits per heavy atom. The van der Waals surface area contributed by atoms with Crippen LogP contribution in [-0.4, -0.2) is 25.9 Å². The molecule has 0 bridgehead atoms. The van der Waals surface area contributed by atoms with Crippen LogP contribution in [0.1, 0.15) is 5.56 Å². The van der Waals surface area contributed by atoms with Gasteiger partial charge in [0, 0.05) is 23.2 Å². The molecule has 2 heterocycles. The predicted molar refractivity (Wildman–Crippen MR) is 91.8 cm³/mol. The molecule has 0 spiro atoms. The fraction of sp³-hybridized carbons (Fsp3) is 0.0526. The monoisotopic (exact) mass is 317 g/mol. The van der Waals surface area contributed by atoms with Gasteiger partial charge in [0.05, 0.1) is 17.6 Å². The number of benzene rings is 2. The maximum atomic E-state index is 12.9. The van der Waals surface area contributed by atoms with E-state index in [1.807, 2.05) is 54.6 Å². The first-order chi connectivity index (χ1) is 11.8. The van der Waals surface area contributed by atoms with Crippen LogP contribution in [0, 0.1) is 0 Å². The van der Waals surface area contributed by atoms with Crippen molar-refractivity contribution in [2.24, 2.45) is 0 Å². The zero-order valence-corrected chi connectivity index (χ0v) is 12.8. The van der Waals surface area contributed by atoms with Crippen molar-refractivity contribution >= 4 is 27.8 Å². The van der Waals surface area contributed by atoms with Gasteiger partial charge < -0.3 is 0 Å². The lowest BCUT2D eigenvalue weighted by Gasteiger charge is -2.16. The minimum atomic E-state index is -0.490. The van der Waals surface area contributed by atoms with E-state index >= 15 is 0 Å². The van der Waals surface area contributed by atoms with Gasteiger partial charge in [-0.1, -0.05) is 42.5 Å². The number of hydroxylamine groups is 2. The average molecular weight is 317 g/mol. The quantitative estimate of drug-likeness (QED) is 0.448. The van der Waals surface area contributed by atoms with Crippen LogP contribution in [0.2, 0.25) is 0 Å². The molecule has 0 aliphatic rings. The van der Waals surface area contributed by atoms with Crippen molar-refractivity contribution in [3.8, 4) is 0 Å². The Bertz CT molecular complexity index is 971. The first kappa shape index (κ1) is 14.4. The molecule has 0 saturated carbocycles. The van der Waals surface area contributed by atoms with Crippen LogP contribution >= 0.6 is 0 Å². The third kappa shape index (κ3) is 2.31. The van der Waals surface area contributed by atoms with E-state index in [0.29, 0.717) is 0 Å². The van der Waals surface area contributed by atoms with Gasteiger partial charge in [-0.15, -0.1) is 0 Å². The van der Waals surface area contributed by atoms with Gasteiger partial charge in [-0.05, 0) is 23.8 Å². The SMILES string of the molecule is O=C(N(O)Cc1cccnc1)n1c2ccccc2c2ccccc21. The summed E-state index contributed by atoms with van der Waals surface area (Å²) >= 11 is 0. The Hall–Kier alpha value is -3.18. The molecule has 118 valence electrons. The normalized spacial score (nSPS) is 11.0. The van der Waals surface area contributed by atoms with Crippen LogP contribution in [0.25, 0.3) is 21.8 Å². The van der Waals surface area contributed by atoms with Crippen LogP contribution in [0.4, 0.5) is 4.79 Å². The summed E-state index contributed by atoms with van der Waals surface area (Å²) in [5.41, 5.74) is 2.30. The summed E-state index contributed by atoms with van der Waals surface area (Å²) in [6, 6.07) is 18.5. The summed E-state index contributed by atoms with van der Waals surface area (Å²) in [5, 5.41) is 13.0. The molecule has 1 amide bonds. The Labute approximate surface area is 138 Å². The first-order valence-electron chi connectivity index (χ1n) is 7.63.